The highest BCUT2D eigenvalue weighted by Gasteiger charge is 2.44. The number of hydrogen-bond acceptors (Lipinski definition) is 10. The lowest BCUT2D eigenvalue weighted by atomic mass is 9.99. The van der Waals surface area contributed by atoms with Crippen molar-refractivity contribution in [1.29, 1.82) is 0 Å². The molecule has 0 radical (unpaired) electrons. The second-order valence-corrected chi connectivity index (χ2v) is 25.7. The molecule has 7 unspecified atom stereocenters. The fourth-order valence-electron chi connectivity index (χ4n) is 11.7. The predicted molar refractivity (Wildman–Crippen MR) is 357 cm³/mol. The van der Waals surface area contributed by atoms with Crippen molar-refractivity contribution in [3.63, 3.8) is 0 Å². The van der Waals surface area contributed by atoms with Gasteiger partial charge in [0.05, 0.1) is 32.0 Å². The average molecular weight is 1200 g/mol. The maximum absolute atomic E-state index is 13.0. The minimum atomic E-state index is -1.57. The van der Waals surface area contributed by atoms with E-state index in [1.54, 1.807) is 6.08 Å². The summed E-state index contributed by atoms with van der Waals surface area (Å²) in [7, 11) is 0. The minimum absolute atomic E-state index is 0.00000353. The molecule has 1 aliphatic heterocycles. The molecular formula is C74H139NO10. The third-order valence-corrected chi connectivity index (χ3v) is 17.5. The molecule has 0 saturated carbocycles. The van der Waals surface area contributed by atoms with Crippen LogP contribution in [-0.4, -0.2) is 100 Å². The van der Waals surface area contributed by atoms with Crippen LogP contribution in [0.4, 0.5) is 0 Å². The molecule has 7 atom stereocenters. The van der Waals surface area contributed by atoms with Crippen LogP contribution >= 0.6 is 0 Å². The summed E-state index contributed by atoms with van der Waals surface area (Å²) in [6, 6.07) is -0.805. The van der Waals surface area contributed by atoms with Gasteiger partial charge in [-0.25, -0.2) is 0 Å². The van der Waals surface area contributed by atoms with E-state index in [9.17, 15) is 35.1 Å². The topological polar surface area (TPSA) is 175 Å². The van der Waals surface area contributed by atoms with Crippen molar-refractivity contribution >= 4 is 11.9 Å². The molecule has 1 rings (SSSR count). The Hall–Kier alpha value is -2.12. The molecule has 1 heterocycles. The number of unbranched alkanes of at least 4 members (excludes halogenated alkanes) is 47. The summed E-state index contributed by atoms with van der Waals surface area (Å²) in [6.07, 6.45) is 71.6. The smallest absolute Gasteiger partial charge is 0.305 e. The lowest BCUT2D eigenvalue weighted by Gasteiger charge is -2.40. The van der Waals surface area contributed by atoms with Gasteiger partial charge in [0, 0.05) is 12.8 Å². The molecule has 85 heavy (non-hydrogen) atoms. The maximum atomic E-state index is 13.0. The standard InChI is InChI=1S/C74H139NO10/c1-3-5-7-9-11-13-15-16-39-42-46-50-54-58-62-70(79)83-63-59-55-51-47-43-40-37-35-33-31-29-27-25-23-21-19-17-18-20-22-24-26-28-30-32-34-36-38-41-45-49-53-57-61-69(78)75-66(65-84-74-73(82)72(81)71(80)68(64-76)85-74)67(77)60-56-52-48-44-14-12-10-8-6-4-2/h9,11,15-16,56,60,66-68,71-74,76-77,80-82H,3-8,10,12-14,17-55,57-59,61-65H2,1-2H3,(H,75,78)/b11-9-,16-15-,60-56+. The van der Waals surface area contributed by atoms with Crippen molar-refractivity contribution in [3.05, 3.63) is 36.5 Å². The largest absolute Gasteiger partial charge is 0.466 e. The van der Waals surface area contributed by atoms with E-state index in [4.69, 9.17) is 14.2 Å². The highest BCUT2D eigenvalue weighted by molar-refractivity contribution is 5.76. The zero-order valence-electron chi connectivity index (χ0n) is 55.6. The van der Waals surface area contributed by atoms with Gasteiger partial charge in [0.15, 0.2) is 6.29 Å². The van der Waals surface area contributed by atoms with E-state index in [-0.39, 0.29) is 18.5 Å². The highest BCUT2D eigenvalue weighted by atomic mass is 16.7. The van der Waals surface area contributed by atoms with E-state index < -0.39 is 49.5 Å². The molecule has 11 heteroatoms. The Kier molecular flexibility index (Phi) is 60.4. The number of amides is 1. The third kappa shape index (κ3) is 52.4. The highest BCUT2D eigenvalue weighted by Crippen LogP contribution is 2.23. The first kappa shape index (κ1) is 80.9. The van der Waals surface area contributed by atoms with Gasteiger partial charge < -0.3 is 45.1 Å². The summed E-state index contributed by atoms with van der Waals surface area (Å²) >= 11 is 0. The molecule has 1 aliphatic rings. The number of ether oxygens (including phenoxy) is 3. The number of aliphatic hydroxyl groups is 5. The van der Waals surface area contributed by atoms with Crippen LogP contribution in [0.2, 0.25) is 0 Å². The van der Waals surface area contributed by atoms with Crippen molar-refractivity contribution in [2.75, 3.05) is 19.8 Å². The van der Waals surface area contributed by atoms with Crippen molar-refractivity contribution in [3.8, 4) is 0 Å². The zero-order valence-corrected chi connectivity index (χ0v) is 55.6. The number of allylic oxidation sites excluding steroid dienone is 5. The second kappa shape index (κ2) is 63.4. The van der Waals surface area contributed by atoms with E-state index in [1.165, 1.54) is 270 Å². The normalized spacial score (nSPS) is 18.1. The Bertz CT molecular complexity index is 1510. The summed E-state index contributed by atoms with van der Waals surface area (Å²) in [4.78, 5) is 25.1. The second-order valence-electron chi connectivity index (χ2n) is 25.7. The summed E-state index contributed by atoms with van der Waals surface area (Å²) in [5.74, 6) is -0.177. The molecule has 0 aromatic rings. The molecule has 1 amide bonds. The molecule has 0 bridgehead atoms. The Morgan fingerprint density at radius 2 is 0.800 bits per heavy atom. The summed E-state index contributed by atoms with van der Waals surface area (Å²) in [5.41, 5.74) is 0. The fourth-order valence-corrected chi connectivity index (χ4v) is 11.7. The molecule has 6 N–H and O–H groups in total. The quantitative estimate of drug-likeness (QED) is 0.0195. The predicted octanol–water partition coefficient (Wildman–Crippen LogP) is 19.0. The number of esters is 1. The van der Waals surface area contributed by atoms with Crippen molar-refractivity contribution in [2.24, 2.45) is 0 Å². The van der Waals surface area contributed by atoms with Crippen molar-refractivity contribution in [1.82, 2.24) is 5.32 Å². The zero-order chi connectivity index (χ0) is 61.6. The first-order valence-corrected chi connectivity index (χ1v) is 36.8. The summed E-state index contributed by atoms with van der Waals surface area (Å²) in [5, 5.41) is 54.4. The van der Waals surface area contributed by atoms with Crippen LogP contribution in [0.5, 0.6) is 0 Å². The molecule has 1 fully saturated rings. The SMILES string of the molecule is CCCC/C=C\C/C=C\CCCCCCCC(=O)OCCCCCCCCCCCCCCCCCCCCCCCCCCCCCCCCCCCC(=O)NC(COC1OC(CO)C(O)C(O)C1O)C(O)/C=C/CCCCCCCCCC. The summed E-state index contributed by atoms with van der Waals surface area (Å²) < 4.78 is 16.7. The van der Waals surface area contributed by atoms with Gasteiger partial charge >= 0.3 is 5.97 Å². The van der Waals surface area contributed by atoms with Crippen molar-refractivity contribution in [2.45, 2.75) is 403 Å². The number of rotatable bonds is 65. The van der Waals surface area contributed by atoms with E-state index in [0.717, 1.165) is 64.2 Å². The molecule has 1 saturated heterocycles. The fraction of sp³-hybridized carbons (Fsp3) is 0.892. The van der Waals surface area contributed by atoms with Gasteiger partial charge in [-0.15, -0.1) is 0 Å². The van der Waals surface area contributed by atoms with Gasteiger partial charge in [-0.1, -0.05) is 326 Å². The lowest BCUT2D eigenvalue weighted by Crippen LogP contribution is -2.60. The van der Waals surface area contributed by atoms with Crippen LogP contribution in [0.15, 0.2) is 36.5 Å². The van der Waals surface area contributed by atoms with E-state index in [0.29, 0.717) is 19.4 Å². The lowest BCUT2D eigenvalue weighted by molar-refractivity contribution is -0.302. The van der Waals surface area contributed by atoms with Gasteiger partial charge in [0.25, 0.3) is 0 Å². The first-order valence-electron chi connectivity index (χ1n) is 36.8. The number of carbonyl (C=O) groups excluding carboxylic acids is 2. The van der Waals surface area contributed by atoms with Gasteiger partial charge in [0.2, 0.25) is 5.91 Å². The van der Waals surface area contributed by atoms with Crippen LogP contribution < -0.4 is 5.32 Å². The van der Waals surface area contributed by atoms with Crippen LogP contribution in [0.3, 0.4) is 0 Å². The van der Waals surface area contributed by atoms with Gasteiger partial charge in [-0.3, -0.25) is 9.59 Å². The minimum Gasteiger partial charge on any atom is -0.466 e. The van der Waals surface area contributed by atoms with Crippen LogP contribution in [0, 0.1) is 0 Å². The third-order valence-electron chi connectivity index (χ3n) is 17.5. The molecule has 500 valence electrons. The van der Waals surface area contributed by atoms with Gasteiger partial charge in [-0.05, 0) is 57.8 Å². The molecule has 0 aliphatic carbocycles. The van der Waals surface area contributed by atoms with E-state index in [2.05, 4.69) is 43.5 Å². The average Bonchev–Trinajstić information content (AvgIpc) is 3.33. The molecular weight excluding hydrogens is 1060 g/mol. The summed E-state index contributed by atoms with van der Waals surface area (Å²) in [6.45, 7) is 4.32. The maximum Gasteiger partial charge on any atom is 0.305 e. The molecule has 0 aromatic carbocycles. The molecule has 0 spiro atoms. The van der Waals surface area contributed by atoms with Gasteiger partial charge in [-0.2, -0.15) is 0 Å². The number of carbonyl (C=O) groups is 2. The number of hydrogen-bond donors (Lipinski definition) is 6. The Balaban J connectivity index is 1.89. The van der Waals surface area contributed by atoms with Gasteiger partial charge in [0.1, 0.15) is 24.4 Å². The Morgan fingerprint density at radius 3 is 1.22 bits per heavy atom. The Labute approximate surface area is 523 Å². The van der Waals surface area contributed by atoms with Crippen LogP contribution in [-0.2, 0) is 23.8 Å². The van der Waals surface area contributed by atoms with E-state index in [1.807, 2.05) is 6.08 Å². The molecule has 11 nitrogen and oxygen atoms in total. The number of nitrogens with one attached hydrogen (secondary N) is 1. The van der Waals surface area contributed by atoms with Crippen LogP contribution in [0.1, 0.15) is 361 Å². The van der Waals surface area contributed by atoms with Crippen LogP contribution in [0.25, 0.3) is 0 Å². The Morgan fingerprint density at radius 1 is 0.435 bits per heavy atom. The first-order chi connectivity index (χ1) is 41.7. The van der Waals surface area contributed by atoms with E-state index >= 15 is 0 Å². The molecule has 0 aromatic heterocycles. The monoisotopic (exact) mass is 1200 g/mol. The van der Waals surface area contributed by atoms with Crippen molar-refractivity contribution < 1.29 is 49.3 Å². The number of aliphatic hydroxyl groups excluding tert-OH is 5.